The minimum absolute atomic E-state index is 0.0530. The number of halogens is 1. The number of carbonyl (C=O) groups is 1. The fraction of sp³-hybridized carbons (Fsp3) is 0.278. The Morgan fingerprint density at radius 1 is 1.09 bits per heavy atom. The van der Waals surface area contributed by atoms with Gasteiger partial charge >= 0.3 is 0 Å². The van der Waals surface area contributed by atoms with Crippen molar-refractivity contribution in [3.05, 3.63) is 58.1 Å². The molecule has 0 aliphatic heterocycles. The molecule has 0 spiro atoms. The van der Waals surface area contributed by atoms with E-state index in [-0.39, 0.29) is 5.91 Å². The molecule has 122 valence electrons. The van der Waals surface area contributed by atoms with Crippen molar-refractivity contribution in [2.45, 2.75) is 13.0 Å². The van der Waals surface area contributed by atoms with Crippen molar-refractivity contribution in [2.24, 2.45) is 0 Å². The van der Waals surface area contributed by atoms with E-state index in [2.05, 4.69) is 15.9 Å². The van der Waals surface area contributed by atoms with Crippen molar-refractivity contribution in [2.75, 3.05) is 21.3 Å². The average Bonchev–Trinajstić information content (AvgIpc) is 2.55. The fourth-order valence-electron chi connectivity index (χ4n) is 2.27. The number of benzene rings is 2. The van der Waals surface area contributed by atoms with Gasteiger partial charge in [-0.15, -0.1) is 0 Å². The van der Waals surface area contributed by atoms with Crippen LogP contribution in [0, 0.1) is 0 Å². The number of ether oxygens (including phenoxy) is 2. The van der Waals surface area contributed by atoms with Gasteiger partial charge in [-0.2, -0.15) is 0 Å². The van der Waals surface area contributed by atoms with Crippen LogP contribution in [0.2, 0.25) is 0 Å². The fourth-order valence-corrected chi connectivity index (χ4v) is 2.68. The molecule has 0 saturated heterocycles. The summed E-state index contributed by atoms with van der Waals surface area (Å²) >= 11 is 3.45. The largest absolute Gasteiger partial charge is 0.497 e. The molecule has 23 heavy (non-hydrogen) atoms. The molecule has 0 fully saturated rings. The maximum absolute atomic E-state index is 12.4. The van der Waals surface area contributed by atoms with Crippen LogP contribution in [0.3, 0.4) is 0 Å². The summed E-state index contributed by atoms with van der Waals surface area (Å²) in [6, 6.07) is 13.3. The average molecular weight is 378 g/mol. The first kappa shape index (κ1) is 17.3. The summed E-state index contributed by atoms with van der Waals surface area (Å²) in [5.74, 6) is 1.61. The summed E-state index contributed by atoms with van der Waals surface area (Å²) in [5, 5.41) is 0. The van der Waals surface area contributed by atoms with Gasteiger partial charge in [0.2, 0.25) is 5.91 Å². The Morgan fingerprint density at radius 3 is 2.39 bits per heavy atom. The molecule has 0 radical (unpaired) electrons. The highest BCUT2D eigenvalue weighted by molar-refractivity contribution is 9.10. The highest BCUT2D eigenvalue weighted by Gasteiger charge is 2.13. The second-order valence-electron chi connectivity index (χ2n) is 5.23. The molecule has 2 aromatic carbocycles. The zero-order valence-electron chi connectivity index (χ0n) is 13.5. The number of carbonyl (C=O) groups excluding carboxylic acids is 1. The Labute approximate surface area is 145 Å². The maximum atomic E-state index is 12.4. The highest BCUT2D eigenvalue weighted by atomic mass is 79.9. The van der Waals surface area contributed by atoms with Gasteiger partial charge in [0, 0.05) is 23.6 Å². The molecule has 4 nitrogen and oxygen atoms in total. The van der Waals surface area contributed by atoms with Gasteiger partial charge in [-0.1, -0.05) is 28.1 Å². The normalized spacial score (nSPS) is 10.3. The zero-order valence-corrected chi connectivity index (χ0v) is 15.1. The Kier molecular flexibility index (Phi) is 6.04. The molecule has 0 aromatic heterocycles. The second-order valence-corrected chi connectivity index (χ2v) is 6.15. The summed E-state index contributed by atoms with van der Waals surface area (Å²) in [6.45, 7) is 0.498. The van der Waals surface area contributed by atoms with Crippen LogP contribution < -0.4 is 9.47 Å². The third kappa shape index (κ3) is 4.73. The zero-order chi connectivity index (χ0) is 16.8. The first-order valence-electron chi connectivity index (χ1n) is 7.22. The number of methoxy groups -OCH3 is 2. The van der Waals surface area contributed by atoms with Crippen LogP contribution in [0.25, 0.3) is 0 Å². The molecule has 0 atom stereocenters. The molecule has 0 aliphatic carbocycles. The van der Waals surface area contributed by atoms with Crippen LogP contribution in [0.4, 0.5) is 0 Å². The van der Waals surface area contributed by atoms with Gasteiger partial charge in [0.15, 0.2) is 0 Å². The van der Waals surface area contributed by atoms with Crippen molar-refractivity contribution < 1.29 is 14.3 Å². The van der Waals surface area contributed by atoms with Crippen molar-refractivity contribution in [1.82, 2.24) is 4.90 Å². The van der Waals surface area contributed by atoms with Gasteiger partial charge < -0.3 is 14.4 Å². The Balaban J connectivity index is 2.03. The number of hydrogen-bond acceptors (Lipinski definition) is 3. The third-order valence-electron chi connectivity index (χ3n) is 3.59. The van der Waals surface area contributed by atoms with E-state index < -0.39 is 0 Å². The monoisotopic (exact) mass is 377 g/mol. The standard InChI is InChI=1S/C18H20BrNO3/c1-20(12-14-11-15(19)6-9-17(14)23-3)18(21)10-13-4-7-16(22-2)8-5-13/h4-9,11H,10,12H2,1-3H3. The van der Waals surface area contributed by atoms with Crippen LogP contribution in [0.15, 0.2) is 46.9 Å². The summed E-state index contributed by atoms with van der Waals surface area (Å²) in [7, 11) is 5.05. The molecule has 0 unspecified atom stereocenters. The predicted molar refractivity (Wildman–Crippen MR) is 93.9 cm³/mol. The molecule has 0 heterocycles. The van der Waals surface area contributed by atoms with E-state index in [0.717, 1.165) is 27.1 Å². The lowest BCUT2D eigenvalue weighted by Gasteiger charge is -2.19. The van der Waals surface area contributed by atoms with Gasteiger partial charge in [-0.3, -0.25) is 4.79 Å². The molecular formula is C18H20BrNO3. The first-order valence-corrected chi connectivity index (χ1v) is 8.02. The van der Waals surface area contributed by atoms with Gasteiger partial charge in [0.1, 0.15) is 11.5 Å². The quantitative estimate of drug-likeness (QED) is 0.770. The third-order valence-corrected chi connectivity index (χ3v) is 4.08. The van der Waals surface area contributed by atoms with Gasteiger partial charge in [0.25, 0.3) is 0 Å². The van der Waals surface area contributed by atoms with Crippen molar-refractivity contribution >= 4 is 21.8 Å². The molecule has 0 aliphatic rings. The van der Waals surface area contributed by atoms with Crippen molar-refractivity contribution in [1.29, 1.82) is 0 Å². The highest BCUT2D eigenvalue weighted by Crippen LogP contribution is 2.24. The second kappa shape index (κ2) is 8.02. The Bertz CT molecular complexity index is 670. The summed E-state index contributed by atoms with van der Waals surface area (Å²) in [4.78, 5) is 14.1. The van der Waals surface area contributed by atoms with Crippen LogP contribution in [0.5, 0.6) is 11.5 Å². The summed E-state index contributed by atoms with van der Waals surface area (Å²) in [5.41, 5.74) is 1.93. The summed E-state index contributed by atoms with van der Waals surface area (Å²) < 4.78 is 11.4. The predicted octanol–water partition coefficient (Wildman–Crippen LogP) is 3.67. The molecule has 0 N–H and O–H groups in total. The number of amides is 1. The van der Waals surface area contributed by atoms with Gasteiger partial charge in [-0.05, 0) is 35.9 Å². The lowest BCUT2D eigenvalue weighted by molar-refractivity contribution is -0.129. The van der Waals surface area contributed by atoms with E-state index in [1.54, 1.807) is 26.2 Å². The van der Waals surface area contributed by atoms with E-state index in [0.29, 0.717) is 13.0 Å². The molecule has 1 amide bonds. The number of likely N-dealkylation sites (N-methyl/N-ethyl adjacent to an activating group) is 1. The van der Waals surface area contributed by atoms with E-state index in [9.17, 15) is 4.79 Å². The molecular weight excluding hydrogens is 358 g/mol. The van der Waals surface area contributed by atoms with E-state index >= 15 is 0 Å². The topological polar surface area (TPSA) is 38.8 Å². The SMILES string of the molecule is COc1ccc(CC(=O)N(C)Cc2cc(Br)ccc2OC)cc1. The molecule has 0 saturated carbocycles. The minimum atomic E-state index is 0.0530. The van der Waals surface area contributed by atoms with Crippen LogP contribution in [-0.2, 0) is 17.8 Å². The van der Waals surface area contributed by atoms with Gasteiger partial charge in [-0.25, -0.2) is 0 Å². The number of hydrogen-bond donors (Lipinski definition) is 0. The minimum Gasteiger partial charge on any atom is -0.497 e. The van der Waals surface area contributed by atoms with Crippen LogP contribution in [-0.4, -0.2) is 32.1 Å². The maximum Gasteiger partial charge on any atom is 0.227 e. The number of nitrogens with zero attached hydrogens (tertiary/aromatic N) is 1. The Morgan fingerprint density at radius 2 is 1.78 bits per heavy atom. The molecule has 0 bridgehead atoms. The van der Waals surface area contributed by atoms with Gasteiger partial charge in [0.05, 0.1) is 20.6 Å². The van der Waals surface area contributed by atoms with E-state index in [1.807, 2.05) is 42.5 Å². The Hall–Kier alpha value is -2.01. The first-order chi connectivity index (χ1) is 11.0. The van der Waals surface area contributed by atoms with Crippen LogP contribution in [0.1, 0.15) is 11.1 Å². The lowest BCUT2D eigenvalue weighted by Crippen LogP contribution is -2.27. The lowest BCUT2D eigenvalue weighted by atomic mass is 10.1. The molecule has 5 heteroatoms. The van der Waals surface area contributed by atoms with Crippen molar-refractivity contribution in [3.8, 4) is 11.5 Å². The smallest absolute Gasteiger partial charge is 0.227 e. The summed E-state index contributed by atoms with van der Waals surface area (Å²) in [6.07, 6.45) is 0.358. The van der Waals surface area contributed by atoms with E-state index in [4.69, 9.17) is 9.47 Å². The van der Waals surface area contributed by atoms with Crippen LogP contribution >= 0.6 is 15.9 Å². The van der Waals surface area contributed by atoms with E-state index in [1.165, 1.54) is 0 Å². The van der Waals surface area contributed by atoms with Crippen molar-refractivity contribution in [3.63, 3.8) is 0 Å². The molecule has 2 aromatic rings. The number of rotatable bonds is 6. The molecule has 2 rings (SSSR count).